The smallest absolute Gasteiger partial charge is 0.256 e. The predicted molar refractivity (Wildman–Crippen MR) is 109 cm³/mol. The van der Waals surface area contributed by atoms with Crippen molar-refractivity contribution < 1.29 is 14.1 Å². The van der Waals surface area contributed by atoms with Crippen molar-refractivity contribution in [3.05, 3.63) is 59.1 Å². The van der Waals surface area contributed by atoms with Crippen LogP contribution in [-0.4, -0.2) is 20.8 Å². The summed E-state index contributed by atoms with van der Waals surface area (Å²) in [6.45, 7) is 4.09. The minimum Gasteiger partial charge on any atom is -0.489 e. The van der Waals surface area contributed by atoms with E-state index in [-0.39, 0.29) is 5.91 Å². The van der Waals surface area contributed by atoms with Crippen LogP contribution in [0.3, 0.4) is 0 Å². The van der Waals surface area contributed by atoms with Crippen LogP contribution in [0, 0.1) is 13.8 Å². The molecular formula is C22H26N4O3. The fraction of sp³-hybridized carbons (Fsp3) is 0.409. The molecule has 29 heavy (non-hydrogen) atoms. The van der Waals surface area contributed by atoms with E-state index in [0.717, 1.165) is 35.7 Å². The number of anilines is 1. The van der Waals surface area contributed by atoms with Crippen molar-refractivity contribution in [3.8, 4) is 5.75 Å². The van der Waals surface area contributed by atoms with Crippen LogP contribution in [0.5, 0.6) is 5.75 Å². The lowest BCUT2D eigenvalue weighted by Gasteiger charge is -2.23. The van der Waals surface area contributed by atoms with Gasteiger partial charge in [-0.1, -0.05) is 30.5 Å². The highest BCUT2D eigenvalue weighted by molar-refractivity contribution is 6.04. The van der Waals surface area contributed by atoms with E-state index in [1.54, 1.807) is 18.3 Å². The topological polar surface area (TPSA) is 82.2 Å². The van der Waals surface area contributed by atoms with Crippen LogP contribution in [0.2, 0.25) is 0 Å². The summed E-state index contributed by atoms with van der Waals surface area (Å²) in [6, 6.07) is 9.38. The molecule has 4 rings (SSSR count). The number of carbonyl (C=O) groups excluding carboxylic acids is 1. The number of aromatic nitrogens is 3. The number of benzene rings is 1. The Morgan fingerprint density at radius 2 is 2.07 bits per heavy atom. The third-order valence-electron chi connectivity index (χ3n) is 5.49. The Balaban J connectivity index is 1.43. The Hall–Kier alpha value is -3.09. The van der Waals surface area contributed by atoms with E-state index in [0.29, 0.717) is 24.0 Å². The Morgan fingerprint density at radius 3 is 2.83 bits per heavy atom. The van der Waals surface area contributed by atoms with Crippen LogP contribution >= 0.6 is 0 Å². The summed E-state index contributed by atoms with van der Waals surface area (Å²) in [4.78, 5) is 12.8. The molecule has 2 heterocycles. The molecule has 0 bridgehead atoms. The van der Waals surface area contributed by atoms with Gasteiger partial charge in [0.25, 0.3) is 5.91 Å². The van der Waals surface area contributed by atoms with E-state index < -0.39 is 0 Å². The zero-order chi connectivity index (χ0) is 20.2. The van der Waals surface area contributed by atoms with E-state index in [1.165, 1.54) is 19.3 Å². The van der Waals surface area contributed by atoms with Crippen molar-refractivity contribution in [2.24, 2.45) is 0 Å². The van der Waals surface area contributed by atoms with Crippen LogP contribution in [0.4, 0.5) is 5.82 Å². The normalized spacial score (nSPS) is 14.7. The lowest BCUT2D eigenvalue weighted by Crippen LogP contribution is -2.20. The van der Waals surface area contributed by atoms with Crippen LogP contribution < -0.4 is 10.1 Å². The van der Waals surface area contributed by atoms with Crippen molar-refractivity contribution in [3.63, 3.8) is 0 Å². The first-order chi connectivity index (χ1) is 14.1. The Bertz CT molecular complexity index is 966. The van der Waals surface area contributed by atoms with Gasteiger partial charge in [0.2, 0.25) is 0 Å². The summed E-state index contributed by atoms with van der Waals surface area (Å²) in [5, 5.41) is 11.4. The van der Waals surface area contributed by atoms with Gasteiger partial charge in [-0.3, -0.25) is 4.79 Å². The molecule has 0 radical (unpaired) electrons. The first-order valence-corrected chi connectivity index (χ1v) is 10.1. The summed E-state index contributed by atoms with van der Waals surface area (Å²) in [7, 11) is 0. The number of ether oxygens (including phenoxy) is 1. The van der Waals surface area contributed by atoms with Gasteiger partial charge in [-0.2, -0.15) is 5.10 Å². The summed E-state index contributed by atoms with van der Waals surface area (Å²) >= 11 is 0. The molecule has 7 heteroatoms. The zero-order valence-electron chi connectivity index (χ0n) is 16.9. The van der Waals surface area contributed by atoms with Crippen LogP contribution in [0.15, 0.2) is 41.1 Å². The second kappa shape index (κ2) is 8.51. The number of rotatable bonds is 6. The number of carbonyl (C=O) groups is 1. The number of amides is 1. The summed E-state index contributed by atoms with van der Waals surface area (Å²) in [6.07, 6.45) is 7.66. The maximum atomic E-state index is 12.8. The Labute approximate surface area is 170 Å². The maximum Gasteiger partial charge on any atom is 0.256 e. The van der Waals surface area contributed by atoms with Crippen molar-refractivity contribution in [1.29, 1.82) is 0 Å². The van der Waals surface area contributed by atoms with Crippen molar-refractivity contribution in [1.82, 2.24) is 14.9 Å². The third-order valence-corrected chi connectivity index (χ3v) is 5.49. The monoisotopic (exact) mass is 394 g/mol. The first kappa shape index (κ1) is 19.2. The minimum absolute atomic E-state index is 0.176. The van der Waals surface area contributed by atoms with Gasteiger partial charge >= 0.3 is 0 Å². The van der Waals surface area contributed by atoms with Gasteiger partial charge in [0.1, 0.15) is 23.9 Å². The van der Waals surface area contributed by atoms with Gasteiger partial charge in [-0.25, -0.2) is 4.68 Å². The van der Waals surface area contributed by atoms with E-state index in [1.807, 2.05) is 36.7 Å². The second-order valence-corrected chi connectivity index (χ2v) is 7.53. The molecule has 0 spiro atoms. The highest BCUT2D eigenvalue weighted by atomic mass is 16.5. The van der Waals surface area contributed by atoms with Crippen LogP contribution in [-0.2, 0) is 6.61 Å². The first-order valence-electron chi connectivity index (χ1n) is 10.1. The molecule has 1 fully saturated rings. The quantitative estimate of drug-likeness (QED) is 0.648. The number of hydrogen-bond acceptors (Lipinski definition) is 5. The van der Waals surface area contributed by atoms with E-state index in [4.69, 9.17) is 9.26 Å². The van der Waals surface area contributed by atoms with Gasteiger partial charge in [0.05, 0.1) is 23.5 Å². The van der Waals surface area contributed by atoms with Crippen LogP contribution in [0.1, 0.15) is 65.5 Å². The van der Waals surface area contributed by atoms with Gasteiger partial charge in [0, 0.05) is 11.6 Å². The fourth-order valence-corrected chi connectivity index (χ4v) is 3.81. The molecule has 1 amide bonds. The fourth-order valence-electron chi connectivity index (χ4n) is 3.81. The summed E-state index contributed by atoms with van der Waals surface area (Å²) in [5.74, 6) is 1.93. The highest BCUT2D eigenvalue weighted by Crippen LogP contribution is 2.30. The van der Waals surface area contributed by atoms with Crippen molar-refractivity contribution in [2.75, 3.05) is 5.32 Å². The summed E-state index contributed by atoms with van der Waals surface area (Å²) in [5.41, 5.74) is 2.28. The van der Waals surface area contributed by atoms with Gasteiger partial charge in [-0.15, -0.1) is 0 Å². The number of aryl methyl sites for hydroxylation is 2. The second-order valence-electron chi connectivity index (χ2n) is 7.53. The molecule has 1 aliphatic rings. The van der Waals surface area contributed by atoms with Crippen molar-refractivity contribution >= 4 is 11.7 Å². The zero-order valence-corrected chi connectivity index (χ0v) is 16.9. The highest BCUT2D eigenvalue weighted by Gasteiger charge is 2.19. The van der Waals surface area contributed by atoms with E-state index >= 15 is 0 Å². The molecule has 0 saturated heterocycles. The lowest BCUT2D eigenvalue weighted by molar-refractivity contribution is 0.102. The molecule has 7 nitrogen and oxygen atoms in total. The number of nitrogens with zero attached hydrogens (tertiary/aromatic N) is 3. The molecule has 1 N–H and O–H groups in total. The molecule has 1 aliphatic carbocycles. The summed E-state index contributed by atoms with van der Waals surface area (Å²) < 4.78 is 13.0. The molecule has 1 saturated carbocycles. The maximum absolute atomic E-state index is 12.8. The number of nitrogens with one attached hydrogen (secondary N) is 1. The molecule has 3 aromatic rings. The minimum atomic E-state index is -0.176. The molecular weight excluding hydrogens is 368 g/mol. The van der Waals surface area contributed by atoms with Gasteiger partial charge in [-0.05, 0) is 44.9 Å². The SMILES string of the molecule is Cc1noc(C)c1COc1cccc(C(=O)Nc2ccnn2C2CCCCC2)c1. The Morgan fingerprint density at radius 1 is 1.24 bits per heavy atom. The van der Waals surface area contributed by atoms with E-state index in [9.17, 15) is 4.79 Å². The number of hydrogen-bond donors (Lipinski definition) is 1. The molecule has 0 aliphatic heterocycles. The lowest BCUT2D eigenvalue weighted by atomic mass is 9.96. The molecule has 0 unspecified atom stereocenters. The van der Waals surface area contributed by atoms with Crippen LogP contribution in [0.25, 0.3) is 0 Å². The molecule has 1 aromatic carbocycles. The average Bonchev–Trinajstić information content (AvgIpc) is 3.33. The van der Waals surface area contributed by atoms with Gasteiger partial charge < -0.3 is 14.6 Å². The average molecular weight is 394 g/mol. The van der Waals surface area contributed by atoms with Crippen molar-refractivity contribution in [2.45, 2.75) is 58.6 Å². The standard InChI is InChI=1S/C22H26N4O3/c1-15-20(16(2)29-25-15)14-28-19-10-6-7-17(13-19)22(27)24-21-11-12-23-26(21)18-8-4-3-5-9-18/h6-7,10-13,18H,3-5,8-9,14H2,1-2H3,(H,24,27). The van der Waals surface area contributed by atoms with Gasteiger partial charge in [0.15, 0.2) is 0 Å². The third kappa shape index (κ3) is 4.34. The van der Waals surface area contributed by atoms with E-state index in [2.05, 4.69) is 15.6 Å². The Kier molecular flexibility index (Phi) is 5.64. The predicted octanol–water partition coefficient (Wildman–Crippen LogP) is 4.82. The molecule has 152 valence electrons. The molecule has 2 aromatic heterocycles. The largest absolute Gasteiger partial charge is 0.489 e. The molecule has 0 atom stereocenters.